The van der Waals surface area contributed by atoms with Crippen LogP contribution in [-0.2, 0) is 4.79 Å². The lowest BCUT2D eigenvalue weighted by atomic mass is 10.1. The Balaban J connectivity index is 1.90. The van der Waals surface area contributed by atoms with Crippen molar-refractivity contribution in [3.05, 3.63) is 12.3 Å². The summed E-state index contributed by atoms with van der Waals surface area (Å²) in [5.41, 5.74) is 5.72. The monoisotopic (exact) mass is 195 g/mol. The van der Waals surface area contributed by atoms with Gasteiger partial charge in [-0.3, -0.25) is 4.79 Å². The smallest absolute Gasteiger partial charge is 0.228 e. The van der Waals surface area contributed by atoms with Gasteiger partial charge >= 0.3 is 0 Å². The first-order valence-electron chi connectivity index (χ1n) is 4.72. The Morgan fingerprint density at radius 3 is 3.07 bits per heavy atom. The third-order valence-electron chi connectivity index (χ3n) is 2.53. The van der Waals surface area contributed by atoms with Gasteiger partial charge in [0, 0.05) is 18.0 Å². The van der Waals surface area contributed by atoms with Gasteiger partial charge in [-0.15, -0.1) is 0 Å². The number of hydrogen-bond donors (Lipinski definition) is 2. The van der Waals surface area contributed by atoms with Gasteiger partial charge < -0.3 is 15.6 Å². The summed E-state index contributed by atoms with van der Waals surface area (Å²) in [4.78, 5) is 11.6. The standard InChI is InChI=1S/C9H13N3O2/c10-7-2-1-6(5-7)9(13)11-8-3-4-14-12-8/h3-4,6-7H,1-2,5,10H2,(H,11,12,13). The minimum atomic E-state index is -0.00755. The summed E-state index contributed by atoms with van der Waals surface area (Å²) in [5, 5.41) is 6.29. The molecule has 14 heavy (non-hydrogen) atoms. The highest BCUT2D eigenvalue weighted by molar-refractivity contribution is 5.91. The van der Waals surface area contributed by atoms with Crippen LogP contribution in [0.4, 0.5) is 5.82 Å². The molecule has 1 aromatic rings. The van der Waals surface area contributed by atoms with Gasteiger partial charge in [-0.25, -0.2) is 0 Å². The van der Waals surface area contributed by atoms with Crippen LogP contribution in [-0.4, -0.2) is 17.1 Å². The van der Waals surface area contributed by atoms with Crippen LogP contribution in [0, 0.1) is 5.92 Å². The molecule has 2 atom stereocenters. The summed E-state index contributed by atoms with van der Waals surface area (Å²) in [6.45, 7) is 0. The number of aromatic nitrogens is 1. The van der Waals surface area contributed by atoms with E-state index in [2.05, 4.69) is 15.0 Å². The largest absolute Gasteiger partial charge is 0.363 e. The number of hydrogen-bond acceptors (Lipinski definition) is 4. The van der Waals surface area contributed by atoms with Crippen LogP contribution < -0.4 is 11.1 Å². The molecule has 1 fully saturated rings. The molecule has 0 spiro atoms. The van der Waals surface area contributed by atoms with Crippen LogP contribution in [0.5, 0.6) is 0 Å². The van der Waals surface area contributed by atoms with E-state index in [1.807, 2.05) is 0 Å². The molecular formula is C9H13N3O2. The first-order chi connectivity index (χ1) is 6.75. The van der Waals surface area contributed by atoms with Crippen molar-refractivity contribution >= 4 is 11.7 Å². The van der Waals surface area contributed by atoms with Gasteiger partial charge in [-0.2, -0.15) is 0 Å². The second kappa shape index (κ2) is 3.79. The average molecular weight is 195 g/mol. The fourth-order valence-corrected chi connectivity index (χ4v) is 1.76. The highest BCUT2D eigenvalue weighted by Gasteiger charge is 2.27. The molecule has 1 heterocycles. The van der Waals surface area contributed by atoms with Crippen LogP contribution in [0.15, 0.2) is 16.9 Å². The van der Waals surface area contributed by atoms with E-state index in [9.17, 15) is 4.79 Å². The van der Waals surface area contributed by atoms with E-state index in [0.717, 1.165) is 19.3 Å². The SMILES string of the molecule is NC1CCC(C(=O)Nc2ccon2)C1. The van der Waals surface area contributed by atoms with Gasteiger partial charge in [0.15, 0.2) is 5.82 Å². The predicted molar refractivity (Wildman–Crippen MR) is 50.4 cm³/mol. The number of carbonyl (C=O) groups excluding carboxylic acids is 1. The number of nitrogens with one attached hydrogen (secondary N) is 1. The molecule has 0 saturated heterocycles. The normalized spacial score (nSPS) is 26.4. The van der Waals surface area contributed by atoms with E-state index in [0.29, 0.717) is 5.82 Å². The Kier molecular flexibility index (Phi) is 2.49. The minimum absolute atomic E-state index is 0.00755. The molecule has 1 amide bonds. The zero-order valence-electron chi connectivity index (χ0n) is 7.77. The zero-order chi connectivity index (χ0) is 9.97. The number of nitrogens with zero attached hydrogens (tertiary/aromatic N) is 1. The van der Waals surface area contributed by atoms with E-state index >= 15 is 0 Å². The Labute approximate surface area is 81.6 Å². The van der Waals surface area contributed by atoms with Crippen molar-refractivity contribution in [1.82, 2.24) is 5.16 Å². The average Bonchev–Trinajstić information content (AvgIpc) is 2.75. The van der Waals surface area contributed by atoms with E-state index in [-0.39, 0.29) is 17.9 Å². The third-order valence-corrected chi connectivity index (χ3v) is 2.53. The van der Waals surface area contributed by atoms with Gasteiger partial charge in [0.25, 0.3) is 0 Å². The minimum Gasteiger partial charge on any atom is -0.363 e. The molecule has 0 bridgehead atoms. The maximum absolute atomic E-state index is 11.6. The Morgan fingerprint density at radius 1 is 1.64 bits per heavy atom. The van der Waals surface area contributed by atoms with Crippen molar-refractivity contribution in [2.24, 2.45) is 11.7 Å². The quantitative estimate of drug-likeness (QED) is 0.729. The van der Waals surface area contributed by atoms with Crippen LogP contribution in [0.1, 0.15) is 19.3 Å². The molecule has 2 unspecified atom stereocenters. The van der Waals surface area contributed by atoms with Crippen molar-refractivity contribution < 1.29 is 9.32 Å². The van der Waals surface area contributed by atoms with E-state index in [4.69, 9.17) is 5.73 Å². The molecule has 5 nitrogen and oxygen atoms in total. The van der Waals surface area contributed by atoms with Crippen molar-refractivity contribution in [1.29, 1.82) is 0 Å². The van der Waals surface area contributed by atoms with Crippen molar-refractivity contribution in [2.45, 2.75) is 25.3 Å². The number of carbonyl (C=O) groups is 1. The number of rotatable bonds is 2. The maximum atomic E-state index is 11.6. The molecule has 1 aliphatic rings. The molecule has 76 valence electrons. The predicted octanol–water partition coefficient (Wildman–Crippen LogP) is 0.740. The molecule has 1 aromatic heterocycles. The van der Waals surface area contributed by atoms with Crippen LogP contribution >= 0.6 is 0 Å². The summed E-state index contributed by atoms with van der Waals surface area (Å²) in [6, 6.07) is 1.79. The summed E-state index contributed by atoms with van der Waals surface area (Å²) in [7, 11) is 0. The number of amides is 1. The topological polar surface area (TPSA) is 81.2 Å². The summed E-state index contributed by atoms with van der Waals surface area (Å²) in [6.07, 6.45) is 3.99. The highest BCUT2D eigenvalue weighted by atomic mass is 16.5. The Hall–Kier alpha value is -1.36. The third kappa shape index (κ3) is 1.93. The van der Waals surface area contributed by atoms with Crippen molar-refractivity contribution in [2.75, 3.05) is 5.32 Å². The molecular weight excluding hydrogens is 182 g/mol. The second-order valence-corrected chi connectivity index (χ2v) is 3.64. The molecule has 2 rings (SSSR count). The number of anilines is 1. The molecule has 0 aromatic carbocycles. The molecule has 0 aliphatic heterocycles. The zero-order valence-corrected chi connectivity index (χ0v) is 7.77. The summed E-state index contributed by atoms with van der Waals surface area (Å²) in [5.74, 6) is 0.490. The van der Waals surface area contributed by atoms with Gasteiger partial charge in [0.2, 0.25) is 5.91 Å². The molecule has 1 saturated carbocycles. The fourth-order valence-electron chi connectivity index (χ4n) is 1.76. The van der Waals surface area contributed by atoms with Crippen LogP contribution in [0.2, 0.25) is 0 Å². The van der Waals surface area contributed by atoms with Crippen LogP contribution in [0.25, 0.3) is 0 Å². The number of nitrogens with two attached hydrogens (primary N) is 1. The Morgan fingerprint density at radius 2 is 2.50 bits per heavy atom. The van der Waals surface area contributed by atoms with Gasteiger partial charge in [-0.05, 0) is 19.3 Å². The maximum Gasteiger partial charge on any atom is 0.228 e. The molecule has 5 heteroatoms. The lowest BCUT2D eigenvalue weighted by molar-refractivity contribution is -0.119. The lowest BCUT2D eigenvalue weighted by Crippen LogP contribution is -2.23. The van der Waals surface area contributed by atoms with E-state index < -0.39 is 0 Å². The second-order valence-electron chi connectivity index (χ2n) is 3.64. The van der Waals surface area contributed by atoms with E-state index in [1.54, 1.807) is 6.07 Å². The fraction of sp³-hybridized carbons (Fsp3) is 0.556. The first kappa shape index (κ1) is 9.21. The first-order valence-corrected chi connectivity index (χ1v) is 4.72. The van der Waals surface area contributed by atoms with Crippen LogP contribution in [0.3, 0.4) is 0 Å². The molecule has 1 aliphatic carbocycles. The van der Waals surface area contributed by atoms with E-state index in [1.165, 1.54) is 6.26 Å². The molecule has 0 radical (unpaired) electrons. The molecule has 3 N–H and O–H groups in total. The van der Waals surface area contributed by atoms with Gasteiger partial charge in [0.1, 0.15) is 6.26 Å². The van der Waals surface area contributed by atoms with Crippen molar-refractivity contribution in [3.63, 3.8) is 0 Å². The summed E-state index contributed by atoms with van der Waals surface area (Å²) >= 11 is 0. The van der Waals surface area contributed by atoms with Gasteiger partial charge in [0.05, 0.1) is 0 Å². The van der Waals surface area contributed by atoms with Crippen molar-refractivity contribution in [3.8, 4) is 0 Å². The lowest BCUT2D eigenvalue weighted by Gasteiger charge is -2.07. The summed E-state index contributed by atoms with van der Waals surface area (Å²) < 4.78 is 4.61. The highest BCUT2D eigenvalue weighted by Crippen LogP contribution is 2.25. The van der Waals surface area contributed by atoms with Gasteiger partial charge in [-0.1, -0.05) is 5.16 Å². The Bertz CT molecular complexity index is 310.